The number of aromatic nitrogens is 1. The number of ether oxygens (including phenoxy) is 1. The van der Waals surface area contributed by atoms with E-state index in [2.05, 4.69) is 10.3 Å². The van der Waals surface area contributed by atoms with E-state index in [1.54, 1.807) is 6.26 Å². The van der Waals surface area contributed by atoms with Gasteiger partial charge < -0.3 is 24.4 Å². The Hall–Kier alpha value is -3.58. The van der Waals surface area contributed by atoms with Gasteiger partial charge in [0.25, 0.3) is 5.56 Å². The van der Waals surface area contributed by atoms with Crippen molar-refractivity contribution in [2.75, 3.05) is 11.9 Å². The fourth-order valence-electron chi connectivity index (χ4n) is 3.44. The molecule has 0 unspecified atom stereocenters. The summed E-state index contributed by atoms with van der Waals surface area (Å²) in [5, 5.41) is 4.68. The largest absolute Gasteiger partial charge is 0.494 e. The van der Waals surface area contributed by atoms with E-state index < -0.39 is 0 Å². The number of pyridine rings is 1. The first-order valence-corrected chi connectivity index (χ1v) is 10.9. The Labute approximate surface area is 191 Å². The number of rotatable bonds is 7. The van der Waals surface area contributed by atoms with Gasteiger partial charge in [0, 0.05) is 22.2 Å². The number of aromatic amines is 1. The molecule has 4 rings (SSSR count). The van der Waals surface area contributed by atoms with E-state index in [1.807, 2.05) is 79.4 Å². The van der Waals surface area contributed by atoms with Gasteiger partial charge in [-0.2, -0.15) is 0 Å². The normalized spacial score (nSPS) is 10.8. The van der Waals surface area contributed by atoms with Crippen molar-refractivity contribution in [3.63, 3.8) is 0 Å². The lowest BCUT2D eigenvalue weighted by molar-refractivity contribution is 0.340. The highest BCUT2D eigenvalue weighted by molar-refractivity contribution is 7.80. The molecule has 4 aromatic rings. The average molecular weight is 448 g/mol. The first-order chi connectivity index (χ1) is 15.5. The number of furan rings is 1. The summed E-state index contributed by atoms with van der Waals surface area (Å²) in [6, 6.07) is 19.2. The van der Waals surface area contributed by atoms with Crippen molar-refractivity contribution >= 4 is 33.9 Å². The van der Waals surface area contributed by atoms with Crippen LogP contribution in [-0.2, 0) is 13.1 Å². The predicted molar refractivity (Wildman–Crippen MR) is 131 cm³/mol. The van der Waals surface area contributed by atoms with Crippen molar-refractivity contribution in [3.8, 4) is 5.75 Å². The minimum Gasteiger partial charge on any atom is -0.494 e. The fraction of sp³-hybridized carbons (Fsp3) is 0.200. The standard InChI is InChI=1S/C25H25N3O3S/c1-3-30-21-10-11-23-18(14-21)13-19(24(29)27-23)15-28(16-22-5-4-12-31-22)25(32)26-20-8-6-17(2)7-9-20/h4-14H,3,15-16H2,1-2H3,(H,26,32)(H,27,29). The van der Waals surface area contributed by atoms with Crippen LogP contribution >= 0.6 is 12.2 Å². The first kappa shape index (κ1) is 21.6. The second-order valence-electron chi connectivity index (χ2n) is 7.54. The zero-order valence-electron chi connectivity index (χ0n) is 18.1. The molecule has 2 aromatic heterocycles. The van der Waals surface area contributed by atoms with E-state index in [4.69, 9.17) is 21.4 Å². The van der Waals surface area contributed by atoms with Crippen LogP contribution in [0.25, 0.3) is 10.9 Å². The monoisotopic (exact) mass is 447 g/mol. The maximum atomic E-state index is 12.8. The lowest BCUT2D eigenvalue weighted by Crippen LogP contribution is -2.35. The second kappa shape index (κ2) is 9.70. The molecule has 2 N–H and O–H groups in total. The molecular formula is C25H25N3O3S. The third-order valence-electron chi connectivity index (χ3n) is 5.08. The number of H-pyrrole nitrogens is 1. The van der Waals surface area contributed by atoms with Crippen molar-refractivity contribution in [2.24, 2.45) is 0 Å². The molecule has 0 spiro atoms. The van der Waals surface area contributed by atoms with Gasteiger partial charge in [-0.05, 0) is 74.6 Å². The number of nitrogens with zero attached hydrogens (tertiary/aromatic N) is 1. The van der Waals surface area contributed by atoms with Crippen LogP contribution in [-0.4, -0.2) is 21.6 Å². The molecule has 164 valence electrons. The van der Waals surface area contributed by atoms with Crippen molar-refractivity contribution < 1.29 is 9.15 Å². The molecule has 0 fully saturated rings. The first-order valence-electron chi connectivity index (χ1n) is 10.5. The molecule has 0 radical (unpaired) electrons. The molecule has 0 saturated heterocycles. The number of anilines is 1. The maximum Gasteiger partial charge on any atom is 0.253 e. The molecule has 0 aliphatic carbocycles. The van der Waals surface area contributed by atoms with Crippen LogP contribution in [0.15, 0.2) is 76.1 Å². The lowest BCUT2D eigenvalue weighted by Gasteiger charge is -2.25. The van der Waals surface area contributed by atoms with Crippen molar-refractivity contribution in [1.82, 2.24) is 9.88 Å². The van der Waals surface area contributed by atoms with Crippen LogP contribution in [0.2, 0.25) is 0 Å². The number of hydrogen-bond donors (Lipinski definition) is 2. The molecule has 0 aliphatic heterocycles. The van der Waals surface area contributed by atoms with Crippen LogP contribution in [0.1, 0.15) is 23.8 Å². The van der Waals surface area contributed by atoms with Gasteiger partial charge in [-0.1, -0.05) is 17.7 Å². The lowest BCUT2D eigenvalue weighted by atomic mass is 10.1. The quantitative estimate of drug-likeness (QED) is 0.378. The highest BCUT2D eigenvalue weighted by Crippen LogP contribution is 2.20. The van der Waals surface area contributed by atoms with Gasteiger partial charge in [0.15, 0.2) is 5.11 Å². The minimum absolute atomic E-state index is 0.149. The molecule has 32 heavy (non-hydrogen) atoms. The van der Waals surface area contributed by atoms with E-state index >= 15 is 0 Å². The van der Waals surface area contributed by atoms with Gasteiger partial charge in [-0.25, -0.2) is 0 Å². The minimum atomic E-state index is -0.149. The van der Waals surface area contributed by atoms with Crippen LogP contribution < -0.4 is 15.6 Å². The molecule has 2 heterocycles. The zero-order valence-corrected chi connectivity index (χ0v) is 18.9. The third-order valence-corrected chi connectivity index (χ3v) is 5.44. The van der Waals surface area contributed by atoms with E-state index in [1.165, 1.54) is 5.56 Å². The smallest absolute Gasteiger partial charge is 0.253 e. The molecule has 0 bridgehead atoms. The van der Waals surface area contributed by atoms with Gasteiger partial charge in [-0.3, -0.25) is 4.79 Å². The Bertz CT molecular complexity index is 1260. The van der Waals surface area contributed by atoms with Gasteiger partial charge in [0.2, 0.25) is 0 Å². The van der Waals surface area contributed by atoms with Crippen LogP contribution in [0.4, 0.5) is 5.69 Å². The van der Waals surface area contributed by atoms with Crippen molar-refractivity contribution in [1.29, 1.82) is 0 Å². The summed E-state index contributed by atoms with van der Waals surface area (Å²) in [7, 11) is 0. The highest BCUT2D eigenvalue weighted by Gasteiger charge is 2.16. The van der Waals surface area contributed by atoms with Crippen molar-refractivity contribution in [3.05, 3.63) is 94.2 Å². The predicted octanol–water partition coefficient (Wildman–Crippen LogP) is 5.23. The Morgan fingerprint density at radius 3 is 2.66 bits per heavy atom. The Kier molecular flexibility index (Phi) is 6.56. The van der Waals surface area contributed by atoms with E-state index in [0.717, 1.165) is 28.1 Å². The second-order valence-corrected chi connectivity index (χ2v) is 7.92. The summed E-state index contributed by atoms with van der Waals surface area (Å²) >= 11 is 5.70. The summed E-state index contributed by atoms with van der Waals surface area (Å²) in [5.41, 5.74) is 3.27. The Balaban J connectivity index is 1.62. The molecule has 7 heteroatoms. The number of nitrogens with one attached hydrogen (secondary N) is 2. The maximum absolute atomic E-state index is 12.8. The van der Waals surface area contributed by atoms with Gasteiger partial charge >= 0.3 is 0 Å². The summed E-state index contributed by atoms with van der Waals surface area (Å²) < 4.78 is 11.1. The molecule has 0 saturated carbocycles. The molecule has 0 aliphatic rings. The number of thiocarbonyl (C=S) groups is 1. The molecule has 2 aromatic carbocycles. The summed E-state index contributed by atoms with van der Waals surface area (Å²) in [5.74, 6) is 1.52. The summed E-state index contributed by atoms with van der Waals surface area (Å²) in [6.45, 7) is 5.31. The summed E-state index contributed by atoms with van der Waals surface area (Å²) in [4.78, 5) is 17.7. The van der Waals surface area contributed by atoms with Gasteiger partial charge in [0.05, 0.1) is 26.0 Å². The number of fused-ring (bicyclic) bond motifs is 1. The SMILES string of the molecule is CCOc1ccc2[nH]c(=O)c(CN(Cc3ccco3)C(=S)Nc3ccc(C)cc3)cc2c1. The Morgan fingerprint density at radius 2 is 1.94 bits per heavy atom. The van der Waals surface area contributed by atoms with Gasteiger partial charge in [0.1, 0.15) is 11.5 Å². The van der Waals surface area contributed by atoms with Gasteiger partial charge in [-0.15, -0.1) is 0 Å². The topological polar surface area (TPSA) is 70.5 Å². The van der Waals surface area contributed by atoms with E-state index in [0.29, 0.717) is 30.4 Å². The van der Waals surface area contributed by atoms with Crippen molar-refractivity contribution in [2.45, 2.75) is 26.9 Å². The number of hydrogen-bond acceptors (Lipinski definition) is 4. The zero-order chi connectivity index (χ0) is 22.5. The molecular weight excluding hydrogens is 422 g/mol. The fourth-order valence-corrected chi connectivity index (χ4v) is 3.69. The molecule has 0 atom stereocenters. The van der Waals surface area contributed by atoms with Crippen LogP contribution in [0.5, 0.6) is 5.75 Å². The third kappa shape index (κ3) is 5.18. The van der Waals surface area contributed by atoms with Crippen LogP contribution in [0.3, 0.4) is 0 Å². The highest BCUT2D eigenvalue weighted by atomic mass is 32.1. The van der Waals surface area contributed by atoms with Crippen LogP contribution in [0, 0.1) is 6.92 Å². The van der Waals surface area contributed by atoms with E-state index in [9.17, 15) is 4.79 Å². The molecule has 6 nitrogen and oxygen atoms in total. The number of aryl methyl sites for hydroxylation is 1. The number of benzene rings is 2. The summed E-state index contributed by atoms with van der Waals surface area (Å²) in [6.07, 6.45) is 1.63. The Morgan fingerprint density at radius 1 is 1.12 bits per heavy atom. The average Bonchev–Trinajstić information content (AvgIpc) is 3.29. The van der Waals surface area contributed by atoms with E-state index in [-0.39, 0.29) is 5.56 Å². The molecule has 0 amide bonds.